The fourth-order valence-electron chi connectivity index (χ4n) is 2.68. The van der Waals surface area contributed by atoms with Crippen molar-refractivity contribution in [3.8, 4) is 0 Å². The average molecular weight is 228 g/mol. The Morgan fingerprint density at radius 1 is 1.44 bits per heavy atom. The smallest absolute Gasteiger partial charge is 0.0515 e. The van der Waals surface area contributed by atoms with Crippen LogP contribution >= 0.6 is 0 Å². The van der Waals surface area contributed by atoms with Gasteiger partial charge in [-0.1, -0.05) is 13.8 Å². The molecule has 0 aromatic rings. The summed E-state index contributed by atoms with van der Waals surface area (Å²) in [6, 6.07) is 0.660. The summed E-state index contributed by atoms with van der Waals surface area (Å²) >= 11 is 0. The molecule has 0 amide bonds. The predicted molar refractivity (Wildman–Crippen MR) is 68.5 cm³/mol. The summed E-state index contributed by atoms with van der Waals surface area (Å²) in [6.07, 6.45) is 1.97. The van der Waals surface area contributed by atoms with E-state index in [9.17, 15) is 5.11 Å². The third-order valence-corrected chi connectivity index (χ3v) is 3.58. The van der Waals surface area contributed by atoms with Crippen molar-refractivity contribution in [3.63, 3.8) is 0 Å². The van der Waals surface area contributed by atoms with Gasteiger partial charge in [-0.2, -0.15) is 0 Å². The number of aliphatic hydroxyl groups is 1. The fourth-order valence-corrected chi connectivity index (χ4v) is 2.68. The van der Waals surface area contributed by atoms with E-state index in [1.54, 1.807) is 0 Å². The van der Waals surface area contributed by atoms with Crippen molar-refractivity contribution in [2.75, 3.05) is 26.7 Å². The number of likely N-dealkylation sites (tertiary alicyclic amines) is 1. The van der Waals surface area contributed by atoms with Crippen LogP contribution in [0.5, 0.6) is 0 Å². The molecule has 1 fully saturated rings. The predicted octanol–water partition coefficient (Wildman–Crippen LogP) is 1.32. The summed E-state index contributed by atoms with van der Waals surface area (Å²) in [6.45, 7) is 9.83. The van der Waals surface area contributed by atoms with E-state index in [2.05, 4.69) is 31.1 Å². The first kappa shape index (κ1) is 13.9. The maximum atomic E-state index is 9.31. The molecule has 0 bridgehead atoms. The second kappa shape index (κ2) is 6.58. The molecule has 1 saturated heterocycles. The average Bonchev–Trinajstić information content (AvgIpc) is 2.15. The molecule has 1 heterocycles. The normalized spacial score (nSPS) is 31.3. The van der Waals surface area contributed by atoms with Gasteiger partial charge in [0.05, 0.1) is 6.10 Å². The number of nitrogens with zero attached hydrogens (tertiary/aromatic N) is 1. The topological polar surface area (TPSA) is 35.5 Å². The quantitative estimate of drug-likeness (QED) is 0.745. The van der Waals surface area contributed by atoms with Crippen LogP contribution in [-0.2, 0) is 0 Å². The lowest BCUT2D eigenvalue weighted by molar-refractivity contribution is 0.149. The lowest BCUT2D eigenvalue weighted by atomic mass is 9.93. The number of nitrogens with one attached hydrogen (secondary N) is 1. The molecule has 3 nitrogen and oxygen atoms in total. The van der Waals surface area contributed by atoms with Gasteiger partial charge in [-0.25, -0.2) is 0 Å². The molecule has 0 saturated carbocycles. The van der Waals surface area contributed by atoms with Gasteiger partial charge in [0, 0.05) is 12.6 Å². The van der Waals surface area contributed by atoms with Crippen molar-refractivity contribution in [2.24, 2.45) is 11.8 Å². The van der Waals surface area contributed by atoms with Crippen LogP contribution in [0.15, 0.2) is 0 Å². The maximum Gasteiger partial charge on any atom is 0.0515 e. The lowest BCUT2D eigenvalue weighted by Gasteiger charge is -2.36. The molecular weight excluding hydrogens is 200 g/mol. The van der Waals surface area contributed by atoms with E-state index < -0.39 is 0 Å². The van der Waals surface area contributed by atoms with Crippen LogP contribution in [-0.4, -0.2) is 48.8 Å². The van der Waals surface area contributed by atoms with Crippen molar-refractivity contribution in [1.29, 1.82) is 0 Å². The zero-order valence-corrected chi connectivity index (χ0v) is 11.2. The molecule has 2 N–H and O–H groups in total. The molecule has 0 aliphatic carbocycles. The molecule has 0 aromatic carbocycles. The summed E-state index contributed by atoms with van der Waals surface area (Å²) in [4.78, 5) is 2.40. The summed E-state index contributed by atoms with van der Waals surface area (Å²) in [7, 11) is 2.20. The number of aliphatic hydroxyl groups excluding tert-OH is 1. The van der Waals surface area contributed by atoms with Crippen molar-refractivity contribution in [1.82, 2.24) is 10.2 Å². The van der Waals surface area contributed by atoms with E-state index in [-0.39, 0.29) is 6.10 Å². The van der Waals surface area contributed by atoms with Gasteiger partial charge in [0.25, 0.3) is 0 Å². The van der Waals surface area contributed by atoms with Crippen LogP contribution in [0.2, 0.25) is 0 Å². The van der Waals surface area contributed by atoms with Gasteiger partial charge in [0.15, 0.2) is 0 Å². The molecule has 4 atom stereocenters. The van der Waals surface area contributed by atoms with E-state index in [1.165, 1.54) is 19.5 Å². The molecule has 0 aromatic heterocycles. The van der Waals surface area contributed by atoms with Crippen molar-refractivity contribution in [2.45, 2.75) is 45.8 Å². The van der Waals surface area contributed by atoms with E-state index in [1.807, 2.05) is 6.92 Å². The molecule has 0 spiro atoms. The van der Waals surface area contributed by atoms with E-state index >= 15 is 0 Å². The first-order valence-corrected chi connectivity index (χ1v) is 6.59. The molecule has 3 heteroatoms. The molecular formula is C13H28N2O. The molecule has 1 rings (SSSR count). The Morgan fingerprint density at radius 2 is 2.12 bits per heavy atom. The SMILES string of the molecule is CC(O)CC(C)CNC1CCN(C)CC1C. The largest absolute Gasteiger partial charge is 0.393 e. The van der Waals surface area contributed by atoms with Gasteiger partial charge in [0.2, 0.25) is 0 Å². The molecule has 1 aliphatic heterocycles. The third kappa shape index (κ3) is 4.81. The zero-order chi connectivity index (χ0) is 12.1. The van der Waals surface area contributed by atoms with Gasteiger partial charge < -0.3 is 15.3 Å². The molecule has 96 valence electrons. The summed E-state index contributed by atoms with van der Waals surface area (Å²) < 4.78 is 0. The van der Waals surface area contributed by atoms with E-state index in [0.717, 1.165) is 18.9 Å². The Morgan fingerprint density at radius 3 is 2.69 bits per heavy atom. The number of rotatable bonds is 5. The first-order chi connectivity index (χ1) is 7.49. The zero-order valence-electron chi connectivity index (χ0n) is 11.2. The maximum absolute atomic E-state index is 9.31. The Bertz CT molecular complexity index is 196. The molecule has 16 heavy (non-hydrogen) atoms. The minimum absolute atomic E-state index is 0.174. The standard InChI is InChI=1S/C13H28N2O/c1-10(7-12(3)16)8-14-13-5-6-15(4)9-11(13)2/h10-14,16H,5-9H2,1-4H3. The fraction of sp³-hybridized carbons (Fsp3) is 1.00. The van der Waals surface area contributed by atoms with Crippen molar-refractivity contribution >= 4 is 0 Å². The number of hydrogen-bond donors (Lipinski definition) is 2. The Hall–Kier alpha value is -0.120. The van der Waals surface area contributed by atoms with Crippen LogP contribution in [0.4, 0.5) is 0 Å². The summed E-state index contributed by atoms with van der Waals surface area (Å²) in [5.74, 6) is 1.30. The van der Waals surface area contributed by atoms with Crippen LogP contribution < -0.4 is 5.32 Å². The second-order valence-corrected chi connectivity index (χ2v) is 5.73. The molecule has 1 aliphatic rings. The minimum atomic E-state index is -0.174. The number of piperidine rings is 1. The first-order valence-electron chi connectivity index (χ1n) is 6.59. The van der Waals surface area contributed by atoms with Crippen LogP contribution in [0, 0.1) is 11.8 Å². The minimum Gasteiger partial charge on any atom is -0.393 e. The third-order valence-electron chi connectivity index (χ3n) is 3.58. The molecule has 4 unspecified atom stereocenters. The van der Waals surface area contributed by atoms with Crippen LogP contribution in [0.25, 0.3) is 0 Å². The van der Waals surface area contributed by atoms with Gasteiger partial charge in [-0.15, -0.1) is 0 Å². The summed E-state index contributed by atoms with van der Waals surface area (Å²) in [5.41, 5.74) is 0. The highest BCUT2D eigenvalue weighted by Gasteiger charge is 2.23. The Balaban J connectivity index is 2.21. The van der Waals surface area contributed by atoms with Crippen molar-refractivity contribution in [3.05, 3.63) is 0 Å². The highest BCUT2D eigenvalue weighted by molar-refractivity contribution is 4.82. The van der Waals surface area contributed by atoms with Gasteiger partial charge in [-0.05, 0) is 51.7 Å². The second-order valence-electron chi connectivity index (χ2n) is 5.73. The lowest BCUT2D eigenvalue weighted by Crippen LogP contribution is -2.48. The monoisotopic (exact) mass is 228 g/mol. The Labute approximate surface area is 100 Å². The summed E-state index contributed by atoms with van der Waals surface area (Å²) in [5, 5.41) is 13.0. The van der Waals surface area contributed by atoms with E-state index in [0.29, 0.717) is 12.0 Å². The van der Waals surface area contributed by atoms with Gasteiger partial charge in [-0.3, -0.25) is 0 Å². The van der Waals surface area contributed by atoms with E-state index in [4.69, 9.17) is 0 Å². The van der Waals surface area contributed by atoms with Crippen LogP contribution in [0.1, 0.15) is 33.6 Å². The highest BCUT2D eigenvalue weighted by atomic mass is 16.3. The number of hydrogen-bond acceptors (Lipinski definition) is 3. The van der Waals surface area contributed by atoms with Gasteiger partial charge >= 0.3 is 0 Å². The highest BCUT2D eigenvalue weighted by Crippen LogP contribution is 2.16. The van der Waals surface area contributed by atoms with Crippen molar-refractivity contribution < 1.29 is 5.11 Å². The van der Waals surface area contributed by atoms with Gasteiger partial charge in [0.1, 0.15) is 0 Å². The Kier molecular flexibility index (Phi) is 5.73. The molecule has 0 radical (unpaired) electrons. The van der Waals surface area contributed by atoms with Crippen LogP contribution in [0.3, 0.4) is 0 Å².